The van der Waals surface area contributed by atoms with Crippen LogP contribution < -0.4 is 5.32 Å². The van der Waals surface area contributed by atoms with Crippen molar-refractivity contribution < 1.29 is 0 Å². The molecule has 1 saturated carbocycles. The van der Waals surface area contributed by atoms with Crippen molar-refractivity contribution in [2.24, 2.45) is 11.3 Å². The molecule has 100 valence electrons. The van der Waals surface area contributed by atoms with Gasteiger partial charge in [-0.3, -0.25) is 0 Å². The predicted molar refractivity (Wildman–Crippen MR) is 79.1 cm³/mol. The Labute approximate surface area is 116 Å². The predicted octanol–water partition coefficient (Wildman–Crippen LogP) is 4.30. The number of hydrogen-bond acceptors (Lipinski definition) is 1. The van der Waals surface area contributed by atoms with Gasteiger partial charge in [0, 0.05) is 11.1 Å². The molecule has 0 heterocycles. The fraction of sp³-hybridized carbons (Fsp3) is 0.625. The van der Waals surface area contributed by atoms with E-state index in [9.17, 15) is 0 Å². The number of rotatable bonds is 6. The molecule has 2 heteroatoms. The van der Waals surface area contributed by atoms with E-state index in [0.717, 1.165) is 23.9 Å². The van der Waals surface area contributed by atoms with Gasteiger partial charge in [-0.25, -0.2) is 0 Å². The lowest BCUT2D eigenvalue weighted by atomic mass is 9.97. The summed E-state index contributed by atoms with van der Waals surface area (Å²) in [7, 11) is 0. The second-order valence-corrected chi connectivity index (χ2v) is 6.63. The van der Waals surface area contributed by atoms with E-state index in [0.29, 0.717) is 11.5 Å². The second-order valence-electron chi connectivity index (χ2n) is 6.19. The lowest BCUT2D eigenvalue weighted by molar-refractivity contribution is 0.402. The molecule has 1 fully saturated rings. The van der Waals surface area contributed by atoms with Crippen LogP contribution in [-0.2, 0) is 6.42 Å². The van der Waals surface area contributed by atoms with Crippen LogP contribution in [0.4, 0.5) is 0 Å². The van der Waals surface area contributed by atoms with Crippen molar-refractivity contribution >= 4 is 11.6 Å². The SMILES string of the molecule is CCCNC(Cc1ccc(Cl)cc1)C1CC1(C)C. The summed E-state index contributed by atoms with van der Waals surface area (Å²) in [4.78, 5) is 0. The summed E-state index contributed by atoms with van der Waals surface area (Å²) in [6.45, 7) is 8.09. The van der Waals surface area contributed by atoms with Crippen molar-refractivity contribution in [1.82, 2.24) is 5.32 Å². The van der Waals surface area contributed by atoms with E-state index in [1.807, 2.05) is 12.1 Å². The van der Waals surface area contributed by atoms with Crippen molar-refractivity contribution in [2.45, 2.75) is 46.1 Å². The fourth-order valence-corrected chi connectivity index (χ4v) is 2.88. The highest BCUT2D eigenvalue weighted by Crippen LogP contribution is 2.54. The van der Waals surface area contributed by atoms with E-state index in [1.165, 1.54) is 18.4 Å². The van der Waals surface area contributed by atoms with Crippen LogP contribution in [0.15, 0.2) is 24.3 Å². The molecule has 1 aliphatic carbocycles. The highest BCUT2D eigenvalue weighted by molar-refractivity contribution is 6.30. The van der Waals surface area contributed by atoms with Crippen LogP contribution in [0.3, 0.4) is 0 Å². The Morgan fingerprint density at radius 3 is 2.44 bits per heavy atom. The van der Waals surface area contributed by atoms with E-state index < -0.39 is 0 Å². The van der Waals surface area contributed by atoms with Gasteiger partial charge >= 0.3 is 0 Å². The van der Waals surface area contributed by atoms with E-state index in [-0.39, 0.29) is 0 Å². The largest absolute Gasteiger partial charge is 0.313 e. The first-order valence-corrected chi connectivity index (χ1v) is 7.38. The van der Waals surface area contributed by atoms with Crippen LogP contribution in [0, 0.1) is 11.3 Å². The highest BCUT2D eigenvalue weighted by atomic mass is 35.5. The molecule has 0 amide bonds. The van der Waals surface area contributed by atoms with Gasteiger partial charge in [-0.05, 0) is 54.8 Å². The fourth-order valence-electron chi connectivity index (χ4n) is 2.76. The van der Waals surface area contributed by atoms with Crippen molar-refractivity contribution in [3.8, 4) is 0 Å². The zero-order valence-corrected chi connectivity index (χ0v) is 12.4. The average Bonchev–Trinajstić information content (AvgIpc) is 2.96. The molecule has 1 aromatic rings. The number of halogens is 1. The van der Waals surface area contributed by atoms with E-state index >= 15 is 0 Å². The van der Waals surface area contributed by atoms with Crippen molar-refractivity contribution in [3.05, 3.63) is 34.9 Å². The third kappa shape index (κ3) is 3.49. The first-order valence-electron chi connectivity index (χ1n) is 7.01. The standard InChI is InChI=1S/C16H24ClN/c1-4-9-18-15(14-11-16(14,2)3)10-12-5-7-13(17)8-6-12/h5-8,14-15,18H,4,9-11H2,1-3H3. The minimum absolute atomic E-state index is 0.526. The maximum Gasteiger partial charge on any atom is 0.0406 e. The molecule has 2 rings (SSSR count). The molecule has 0 spiro atoms. The summed E-state index contributed by atoms with van der Waals surface area (Å²) in [5.41, 5.74) is 1.91. The lowest BCUT2D eigenvalue weighted by Gasteiger charge is -2.20. The molecule has 1 N–H and O–H groups in total. The quantitative estimate of drug-likeness (QED) is 0.809. The van der Waals surface area contributed by atoms with Gasteiger partial charge in [-0.2, -0.15) is 0 Å². The zero-order chi connectivity index (χ0) is 13.2. The molecule has 0 aromatic heterocycles. The molecule has 1 nitrogen and oxygen atoms in total. The van der Waals surface area contributed by atoms with Crippen molar-refractivity contribution in [2.75, 3.05) is 6.54 Å². The Hall–Kier alpha value is -0.530. The summed E-state index contributed by atoms with van der Waals surface area (Å²) in [6.07, 6.45) is 3.66. The summed E-state index contributed by atoms with van der Waals surface area (Å²) < 4.78 is 0. The van der Waals surface area contributed by atoms with Crippen LogP contribution in [0.1, 0.15) is 39.2 Å². The third-order valence-corrected chi connectivity index (χ3v) is 4.35. The Morgan fingerprint density at radius 2 is 1.94 bits per heavy atom. The molecule has 18 heavy (non-hydrogen) atoms. The second kappa shape index (κ2) is 5.63. The maximum atomic E-state index is 5.94. The third-order valence-electron chi connectivity index (χ3n) is 4.10. The van der Waals surface area contributed by atoms with Gasteiger partial charge in [0.1, 0.15) is 0 Å². The minimum Gasteiger partial charge on any atom is -0.313 e. The van der Waals surface area contributed by atoms with Crippen LogP contribution >= 0.6 is 11.6 Å². The molecule has 1 aliphatic rings. The van der Waals surface area contributed by atoms with Crippen LogP contribution in [-0.4, -0.2) is 12.6 Å². The Bertz CT molecular complexity index is 383. The van der Waals surface area contributed by atoms with Gasteiger partial charge in [-0.1, -0.05) is 44.5 Å². The van der Waals surface area contributed by atoms with Crippen molar-refractivity contribution in [3.63, 3.8) is 0 Å². The average molecular weight is 266 g/mol. The van der Waals surface area contributed by atoms with Gasteiger partial charge in [0.25, 0.3) is 0 Å². The van der Waals surface area contributed by atoms with Crippen LogP contribution in [0.2, 0.25) is 5.02 Å². The van der Waals surface area contributed by atoms with Gasteiger partial charge < -0.3 is 5.32 Å². The number of benzene rings is 1. The molecular formula is C16H24ClN. The van der Waals surface area contributed by atoms with E-state index in [2.05, 4.69) is 38.2 Å². The molecule has 0 aliphatic heterocycles. The smallest absolute Gasteiger partial charge is 0.0406 e. The molecule has 2 atom stereocenters. The monoisotopic (exact) mass is 265 g/mol. The normalized spacial score (nSPS) is 22.8. The molecule has 0 radical (unpaired) electrons. The van der Waals surface area contributed by atoms with Gasteiger partial charge in [0.2, 0.25) is 0 Å². The Kier molecular flexibility index (Phi) is 4.34. The van der Waals surface area contributed by atoms with E-state index in [4.69, 9.17) is 11.6 Å². The number of nitrogens with one attached hydrogen (secondary N) is 1. The summed E-state index contributed by atoms with van der Waals surface area (Å²) in [6, 6.07) is 8.90. The van der Waals surface area contributed by atoms with Gasteiger partial charge in [-0.15, -0.1) is 0 Å². The number of hydrogen-bond donors (Lipinski definition) is 1. The van der Waals surface area contributed by atoms with Crippen LogP contribution in [0.25, 0.3) is 0 Å². The van der Waals surface area contributed by atoms with Gasteiger partial charge in [0.05, 0.1) is 0 Å². The molecular weight excluding hydrogens is 242 g/mol. The van der Waals surface area contributed by atoms with Gasteiger partial charge in [0.15, 0.2) is 0 Å². The summed E-state index contributed by atoms with van der Waals surface area (Å²) in [5.74, 6) is 0.819. The maximum absolute atomic E-state index is 5.94. The minimum atomic E-state index is 0.526. The lowest BCUT2D eigenvalue weighted by Crippen LogP contribution is -2.35. The topological polar surface area (TPSA) is 12.0 Å². The molecule has 0 bridgehead atoms. The first-order chi connectivity index (χ1) is 8.53. The van der Waals surface area contributed by atoms with Crippen molar-refractivity contribution in [1.29, 1.82) is 0 Å². The summed E-state index contributed by atoms with van der Waals surface area (Å²) in [5, 5.41) is 4.54. The Morgan fingerprint density at radius 1 is 1.33 bits per heavy atom. The molecule has 1 aromatic carbocycles. The molecule has 0 saturated heterocycles. The zero-order valence-electron chi connectivity index (χ0n) is 11.7. The Balaban J connectivity index is 1.99. The first kappa shape index (κ1) is 13.9. The highest BCUT2D eigenvalue weighted by Gasteiger charge is 2.49. The molecule has 2 unspecified atom stereocenters. The van der Waals surface area contributed by atoms with E-state index in [1.54, 1.807) is 0 Å². The summed E-state index contributed by atoms with van der Waals surface area (Å²) >= 11 is 5.94. The van der Waals surface area contributed by atoms with Crippen LogP contribution in [0.5, 0.6) is 0 Å².